The van der Waals surface area contributed by atoms with Crippen LogP contribution in [0.4, 0.5) is 0 Å². The fourth-order valence-electron chi connectivity index (χ4n) is 2.94. The van der Waals surface area contributed by atoms with E-state index in [4.69, 9.17) is 10.5 Å². The Morgan fingerprint density at radius 2 is 1.81 bits per heavy atom. The molecular weight excluding hydrogens is 258 g/mol. The van der Waals surface area contributed by atoms with Gasteiger partial charge in [-0.15, -0.1) is 0 Å². The van der Waals surface area contributed by atoms with Gasteiger partial charge in [-0.3, -0.25) is 0 Å². The molecule has 2 aromatic rings. The van der Waals surface area contributed by atoms with E-state index in [2.05, 4.69) is 42.2 Å². The second-order valence-electron chi connectivity index (χ2n) is 5.69. The third kappa shape index (κ3) is 3.56. The Hall–Kier alpha value is -1.98. The first-order valence-electron chi connectivity index (χ1n) is 7.71. The van der Waals surface area contributed by atoms with Crippen LogP contribution in [0.25, 0.3) is 10.8 Å². The smallest absolute Gasteiger partial charge is 0.119 e. The highest BCUT2D eigenvalue weighted by molar-refractivity contribution is 5.85. The minimum Gasteiger partial charge on any atom is -0.493 e. The van der Waals surface area contributed by atoms with Crippen molar-refractivity contribution in [1.82, 2.24) is 0 Å². The molecule has 1 fully saturated rings. The molecule has 3 rings (SSSR count). The minimum absolute atomic E-state index is 0.395. The number of hydrogen-bond donors (Lipinski definition) is 1. The van der Waals surface area contributed by atoms with Gasteiger partial charge < -0.3 is 10.5 Å². The van der Waals surface area contributed by atoms with Crippen LogP contribution >= 0.6 is 0 Å². The van der Waals surface area contributed by atoms with Crippen molar-refractivity contribution < 1.29 is 4.74 Å². The first kappa shape index (κ1) is 14.0. The van der Waals surface area contributed by atoms with Crippen molar-refractivity contribution >= 4 is 10.8 Å². The second-order valence-corrected chi connectivity index (χ2v) is 5.69. The maximum atomic E-state index is 5.95. The summed E-state index contributed by atoms with van der Waals surface area (Å²) in [7, 11) is 0. The van der Waals surface area contributed by atoms with E-state index in [0.717, 1.165) is 23.8 Å². The van der Waals surface area contributed by atoms with E-state index in [1.54, 1.807) is 0 Å². The molecule has 0 aliphatic heterocycles. The zero-order chi connectivity index (χ0) is 14.5. The molecule has 0 amide bonds. The quantitative estimate of drug-likeness (QED) is 0.869. The van der Waals surface area contributed by atoms with Gasteiger partial charge in [-0.1, -0.05) is 36.8 Å². The molecule has 1 aliphatic carbocycles. The van der Waals surface area contributed by atoms with Gasteiger partial charge in [-0.2, -0.15) is 0 Å². The monoisotopic (exact) mass is 279 g/mol. The van der Waals surface area contributed by atoms with Gasteiger partial charge in [0.2, 0.25) is 0 Å². The zero-order valence-corrected chi connectivity index (χ0v) is 12.3. The van der Waals surface area contributed by atoms with Gasteiger partial charge >= 0.3 is 0 Å². The molecule has 0 heterocycles. The maximum absolute atomic E-state index is 5.95. The SMILES string of the molecule is NCC#Cc1ccc2cc(OCC3CCCC3)ccc2c1. The van der Waals surface area contributed by atoms with Crippen molar-refractivity contribution in [3.63, 3.8) is 0 Å². The number of nitrogens with two attached hydrogens (primary N) is 1. The molecule has 0 unspecified atom stereocenters. The molecule has 0 radical (unpaired) electrons. The molecule has 1 aliphatic rings. The summed E-state index contributed by atoms with van der Waals surface area (Å²) in [4.78, 5) is 0. The van der Waals surface area contributed by atoms with Gasteiger partial charge in [0.05, 0.1) is 13.2 Å². The lowest BCUT2D eigenvalue weighted by molar-refractivity contribution is 0.252. The second kappa shape index (κ2) is 6.65. The Labute approximate surface area is 126 Å². The van der Waals surface area contributed by atoms with Crippen molar-refractivity contribution in [2.75, 3.05) is 13.2 Å². The molecule has 0 saturated heterocycles. The summed E-state index contributed by atoms with van der Waals surface area (Å²) in [5.41, 5.74) is 6.41. The van der Waals surface area contributed by atoms with Gasteiger partial charge in [0.1, 0.15) is 5.75 Å². The van der Waals surface area contributed by atoms with Crippen LogP contribution in [0.1, 0.15) is 31.2 Å². The Kier molecular flexibility index (Phi) is 4.43. The van der Waals surface area contributed by atoms with Crippen LogP contribution in [0, 0.1) is 17.8 Å². The van der Waals surface area contributed by atoms with Crippen molar-refractivity contribution in [3.05, 3.63) is 42.0 Å². The van der Waals surface area contributed by atoms with E-state index in [0.29, 0.717) is 6.54 Å². The number of rotatable bonds is 3. The summed E-state index contributed by atoms with van der Waals surface area (Å²) in [6, 6.07) is 12.5. The summed E-state index contributed by atoms with van der Waals surface area (Å²) in [5.74, 6) is 7.67. The van der Waals surface area contributed by atoms with Crippen LogP contribution in [0.2, 0.25) is 0 Å². The first-order chi connectivity index (χ1) is 10.3. The van der Waals surface area contributed by atoms with Crippen LogP contribution in [-0.4, -0.2) is 13.2 Å². The third-order valence-electron chi connectivity index (χ3n) is 4.11. The van der Waals surface area contributed by atoms with Gasteiger partial charge in [-0.25, -0.2) is 0 Å². The molecule has 0 atom stereocenters. The molecule has 1 saturated carbocycles. The van der Waals surface area contributed by atoms with Crippen LogP contribution in [0.5, 0.6) is 5.75 Å². The Morgan fingerprint density at radius 3 is 2.62 bits per heavy atom. The van der Waals surface area contributed by atoms with Crippen molar-refractivity contribution in [3.8, 4) is 17.6 Å². The summed E-state index contributed by atoms with van der Waals surface area (Å²) in [6.07, 6.45) is 5.35. The van der Waals surface area contributed by atoms with Crippen LogP contribution in [0.3, 0.4) is 0 Å². The van der Waals surface area contributed by atoms with Crippen LogP contribution in [0.15, 0.2) is 36.4 Å². The summed E-state index contributed by atoms with van der Waals surface area (Å²) < 4.78 is 5.95. The fraction of sp³-hybridized carbons (Fsp3) is 0.368. The topological polar surface area (TPSA) is 35.2 Å². The number of hydrogen-bond acceptors (Lipinski definition) is 2. The maximum Gasteiger partial charge on any atom is 0.119 e. The van der Waals surface area contributed by atoms with E-state index in [1.807, 2.05) is 6.07 Å². The van der Waals surface area contributed by atoms with Gasteiger partial charge in [0.15, 0.2) is 0 Å². The predicted octanol–water partition coefficient (Wildman–Crippen LogP) is 3.72. The molecule has 108 valence electrons. The van der Waals surface area contributed by atoms with Crippen molar-refractivity contribution in [2.45, 2.75) is 25.7 Å². The lowest BCUT2D eigenvalue weighted by Crippen LogP contribution is -2.07. The molecule has 0 aromatic heterocycles. The van der Waals surface area contributed by atoms with Crippen molar-refractivity contribution in [1.29, 1.82) is 0 Å². The van der Waals surface area contributed by atoms with Crippen molar-refractivity contribution in [2.24, 2.45) is 11.7 Å². The van der Waals surface area contributed by atoms with E-state index < -0.39 is 0 Å². The van der Waals surface area contributed by atoms with Crippen LogP contribution < -0.4 is 10.5 Å². The number of fused-ring (bicyclic) bond motifs is 1. The first-order valence-corrected chi connectivity index (χ1v) is 7.71. The molecule has 2 heteroatoms. The summed E-state index contributed by atoms with van der Waals surface area (Å²) in [6.45, 7) is 1.25. The highest BCUT2D eigenvalue weighted by atomic mass is 16.5. The minimum atomic E-state index is 0.395. The molecule has 21 heavy (non-hydrogen) atoms. The average Bonchev–Trinajstić information content (AvgIpc) is 3.04. The molecule has 2 N–H and O–H groups in total. The lowest BCUT2D eigenvalue weighted by Gasteiger charge is -2.12. The Bertz CT molecular complexity index is 675. The standard InChI is InChI=1S/C19H21NO/c20-11-3-6-15-7-8-18-13-19(10-9-17(18)12-15)21-14-16-4-1-2-5-16/h7-10,12-13,16H,1-2,4-5,11,14,20H2. The van der Waals surface area contributed by atoms with Gasteiger partial charge in [-0.05, 0) is 53.8 Å². The summed E-state index contributed by atoms with van der Waals surface area (Å²) in [5, 5.41) is 2.38. The largest absolute Gasteiger partial charge is 0.493 e. The van der Waals surface area contributed by atoms with Gasteiger partial charge in [0, 0.05) is 5.56 Å². The zero-order valence-electron chi connectivity index (χ0n) is 12.3. The van der Waals surface area contributed by atoms with E-state index in [-0.39, 0.29) is 0 Å². The number of ether oxygens (including phenoxy) is 1. The van der Waals surface area contributed by atoms with Gasteiger partial charge in [0.25, 0.3) is 0 Å². The van der Waals surface area contributed by atoms with E-state index in [9.17, 15) is 0 Å². The summed E-state index contributed by atoms with van der Waals surface area (Å²) >= 11 is 0. The number of benzene rings is 2. The Balaban J connectivity index is 1.73. The lowest BCUT2D eigenvalue weighted by atomic mass is 10.1. The molecule has 0 bridgehead atoms. The normalized spacial score (nSPS) is 14.9. The highest BCUT2D eigenvalue weighted by Gasteiger charge is 2.15. The molecule has 0 spiro atoms. The Morgan fingerprint density at radius 1 is 1.05 bits per heavy atom. The van der Waals surface area contributed by atoms with E-state index in [1.165, 1.54) is 36.5 Å². The van der Waals surface area contributed by atoms with Crippen LogP contribution in [-0.2, 0) is 0 Å². The van der Waals surface area contributed by atoms with E-state index >= 15 is 0 Å². The molecular formula is C19H21NO. The average molecular weight is 279 g/mol. The predicted molar refractivity (Wildman–Crippen MR) is 87.3 cm³/mol. The third-order valence-corrected chi connectivity index (χ3v) is 4.11. The highest BCUT2D eigenvalue weighted by Crippen LogP contribution is 2.27. The molecule has 2 aromatic carbocycles. The molecule has 2 nitrogen and oxygen atoms in total. The fourth-order valence-corrected chi connectivity index (χ4v) is 2.94.